The molecule has 0 saturated carbocycles. The van der Waals surface area contributed by atoms with E-state index in [1.54, 1.807) is 14.0 Å². The van der Waals surface area contributed by atoms with E-state index in [1.165, 1.54) is 32.9 Å². The van der Waals surface area contributed by atoms with Gasteiger partial charge < -0.3 is 15.0 Å². The highest BCUT2D eigenvalue weighted by Crippen LogP contribution is 2.18. The van der Waals surface area contributed by atoms with Gasteiger partial charge in [-0.1, -0.05) is 11.0 Å². The lowest BCUT2D eigenvalue weighted by Gasteiger charge is -2.32. The van der Waals surface area contributed by atoms with Crippen LogP contribution in [-0.2, 0) is 14.8 Å². The van der Waals surface area contributed by atoms with Crippen LogP contribution >= 0.6 is 0 Å². The first-order valence-electron chi connectivity index (χ1n) is 6.56. The summed E-state index contributed by atoms with van der Waals surface area (Å²) in [7, 11) is -2.42. The molecule has 1 aromatic carbocycles. The number of hydrogen-bond acceptors (Lipinski definition) is 5. The summed E-state index contributed by atoms with van der Waals surface area (Å²) >= 11 is 0. The maximum Gasteiger partial charge on any atom is 0.262 e. The van der Waals surface area contributed by atoms with Crippen LogP contribution in [0.25, 0.3) is 0 Å². The molecule has 1 heterocycles. The Morgan fingerprint density at radius 2 is 2.00 bits per heavy atom. The minimum absolute atomic E-state index is 0.0382. The van der Waals surface area contributed by atoms with E-state index in [4.69, 9.17) is 5.21 Å². The summed E-state index contributed by atoms with van der Waals surface area (Å²) < 4.78 is 23.4. The van der Waals surface area contributed by atoms with Crippen molar-refractivity contribution in [3.8, 4) is 0 Å². The topological polar surface area (TPSA) is 107 Å². The molecule has 2 rings (SSSR count). The quantitative estimate of drug-likeness (QED) is 0.733. The Morgan fingerprint density at radius 3 is 2.59 bits per heavy atom. The smallest absolute Gasteiger partial charge is 0.262 e. The Kier molecular flexibility index (Phi) is 4.50. The van der Waals surface area contributed by atoms with Gasteiger partial charge >= 0.3 is 0 Å². The molecule has 1 aliphatic rings. The molecular formula is C13H17N3O5S. The van der Waals surface area contributed by atoms with Gasteiger partial charge in [0.1, 0.15) is 6.54 Å². The summed E-state index contributed by atoms with van der Waals surface area (Å²) in [4.78, 5) is 28.0. The van der Waals surface area contributed by atoms with E-state index in [0.717, 1.165) is 0 Å². The van der Waals surface area contributed by atoms with Gasteiger partial charge in [0.2, 0.25) is 5.91 Å². The molecule has 9 heteroatoms. The zero-order valence-electron chi connectivity index (χ0n) is 12.2. The molecule has 0 unspecified atom stereocenters. The highest BCUT2D eigenvalue weighted by molar-refractivity contribution is 7.89. The molecule has 22 heavy (non-hydrogen) atoms. The van der Waals surface area contributed by atoms with Crippen LogP contribution in [0.4, 0.5) is 0 Å². The summed E-state index contributed by atoms with van der Waals surface area (Å²) in [5.74, 6) is -0.590. The third-order valence-corrected chi connectivity index (χ3v) is 4.85. The van der Waals surface area contributed by atoms with E-state index in [9.17, 15) is 18.0 Å². The Hall–Kier alpha value is -1.97. The Bertz CT molecular complexity index is 716. The van der Waals surface area contributed by atoms with Gasteiger partial charge in [0.05, 0.1) is 4.90 Å². The van der Waals surface area contributed by atoms with Gasteiger partial charge in [-0.2, -0.15) is 0 Å². The van der Waals surface area contributed by atoms with Crippen LogP contribution in [0.3, 0.4) is 0 Å². The minimum Gasteiger partial charge on any atom is -0.342 e. The van der Waals surface area contributed by atoms with Crippen molar-refractivity contribution in [2.75, 3.05) is 26.7 Å². The number of hydrogen-bond donors (Lipinski definition) is 2. The van der Waals surface area contributed by atoms with Crippen LogP contribution in [-0.4, -0.2) is 61.9 Å². The normalized spacial score (nSPS) is 16.0. The number of nitrogens with zero attached hydrogens (tertiary/aromatic N) is 2. The molecule has 0 spiro atoms. The van der Waals surface area contributed by atoms with Gasteiger partial charge in [-0.15, -0.1) is 0 Å². The molecule has 0 aliphatic carbocycles. The lowest BCUT2D eigenvalue weighted by Crippen LogP contribution is -2.50. The van der Waals surface area contributed by atoms with Crippen molar-refractivity contribution < 1.29 is 23.2 Å². The average Bonchev–Trinajstić information content (AvgIpc) is 2.49. The molecule has 1 saturated heterocycles. The Morgan fingerprint density at radius 1 is 1.32 bits per heavy atom. The number of rotatable bonds is 3. The summed E-state index contributed by atoms with van der Waals surface area (Å²) in [6.45, 7) is 2.33. The number of carbonyl (C=O) groups excluding carboxylic acids is 2. The number of likely N-dealkylation sites (N-methyl/N-ethyl adjacent to an activating group) is 1. The summed E-state index contributed by atoms with van der Waals surface area (Å²) in [5, 5.41) is 8.73. The number of amides is 2. The fourth-order valence-electron chi connectivity index (χ4n) is 2.19. The highest BCUT2D eigenvalue weighted by Gasteiger charge is 2.27. The molecule has 1 aromatic rings. The van der Waals surface area contributed by atoms with Crippen molar-refractivity contribution in [1.29, 1.82) is 0 Å². The van der Waals surface area contributed by atoms with E-state index >= 15 is 0 Å². The number of nitrogens with one attached hydrogen (secondary N) is 1. The molecule has 1 aliphatic heterocycles. The number of aryl methyl sites for hydroxylation is 1. The van der Waals surface area contributed by atoms with Crippen LogP contribution in [0.2, 0.25) is 0 Å². The number of carbonyl (C=O) groups is 2. The largest absolute Gasteiger partial charge is 0.342 e. The van der Waals surface area contributed by atoms with Crippen LogP contribution in [0.5, 0.6) is 0 Å². The van der Waals surface area contributed by atoms with Crippen LogP contribution in [0, 0.1) is 6.92 Å². The molecule has 0 bridgehead atoms. The molecule has 2 amide bonds. The minimum atomic E-state index is -4.08. The van der Waals surface area contributed by atoms with Crippen LogP contribution in [0.1, 0.15) is 15.9 Å². The third kappa shape index (κ3) is 3.11. The fraction of sp³-hybridized carbons (Fsp3) is 0.385. The van der Waals surface area contributed by atoms with Crippen molar-refractivity contribution in [1.82, 2.24) is 14.7 Å². The van der Waals surface area contributed by atoms with Crippen LogP contribution < -0.4 is 4.89 Å². The monoisotopic (exact) mass is 327 g/mol. The SMILES string of the molecule is Cc1ccc(C(=O)N2CCN(C)C(=O)C2)cc1S(=O)(=O)NO. The molecular weight excluding hydrogens is 310 g/mol. The molecule has 0 radical (unpaired) electrons. The standard InChI is InChI=1S/C13H17N3O5S/c1-9-3-4-10(7-11(9)22(20,21)14-19)13(18)16-6-5-15(2)12(17)8-16/h3-4,7,14,19H,5-6,8H2,1-2H3. The number of benzene rings is 1. The van der Waals surface area contributed by atoms with Crippen molar-refractivity contribution in [2.45, 2.75) is 11.8 Å². The second-order valence-corrected chi connectivity index (χ2v) is 6.75. The second-order valence-electron chi connectivity index (χ2n) is 5.12. The van der Waals surface area contributed by atoms with Gasteiger partial charge in [0.15, 0.2) is 0 Å². The average molecular weight is 327 g/mol. The summed E-state index contributed by atoms with van der Waals surface area (Å²) in [6.07, 6.45) is 0. The molecule has 0 aromatic heterocycles. The molecule has 1 fully saturated rings. The van der Waals surface area contributed by atoms with Gasteiger partial charge in [-0.3, -0.25) is 9.59 Å². The van der Waals surface area contributed by atoms with E-state index < -0.39 is 15.9 Å². The van der Waals surface area contributed by atoms with Crippen molar-refractivity contribution in [3.05, 3.63) is 29.3 Å². The molecule has 2 N–H and O–H groups in total. The lowest BCUT2D eigenvalue weighted by atomic mass is 10.1. The third-order valence-electron chi connectivity index (χ3n) is 3.59. The van der Waals surface area contributed by atoms with E-state index in [1.807, 2.05) is 0 Å². The highest BCUT2D eigenvalue weighted by atomic mass is 32.2. The van der Waals surface area contributed by atoms with Gasteiger partial charge in [0, 0.05) is 25.7 Å². The Labute approximate surface area is 128 Å². The maximum atomic E-state index is 12.4. The van der Waals surface area contributed by atoms with Crippen molar-refractivity contribution in [3.63, 3.8) is 0 Å². The summed E-state index contributed by atoms with van der Waals surface area (Å²) in [5.41, 5.74) is 0.546. The zero-order valence-corrected chi connectivity index (χ0v) is 13.1. The van der Waals surface area contributed by atoms with E-state index in [2.05, 4.69) is 0 Å². The molecule has 120 valence electrons. The first kappa shape index (κ1) is 16.4. The second kappa shape index (κ2) is 6.03. The first-order valence-corrected chi connectivity index (χ1v) is 8.04. The first-order chi connectivity index (χ1) is 10.3. The fourth-order valence-corrected chi connectivity index (χ4v) is 3.06. The van der Waals surface area contributed by atoms with Gasteiger partial charge in [-0.05, 0) is 24.6 Å². The molecule has 8 nitrogen and oxygen atoms in total. The Balaban J connectivity index is 2.32. The number of piperazine rings is 1. The van der Waals surface area contributed by atoms with Gasteiger partial charge in [0.25, 0.3) is 15.9 Å². The lowest BCUT2D eigenvalue weighted by molar-refractivity contribution is -0.133. The van der Waals surface area contributed by atoms with Crippen LogP contribution in [0.15, 0.2) is 23.1 Å². The van der Waals surface area contributed by atoms with Gasteiger partial charge in [-0.25, -0.2) is 8.42 Å². The van der Waals surface area contributed by atoms with E-state index in [-0.39, 0.29) is 22.9 Å². The zero-order chi connectivity index (χ0) is 16.5. The number of sulfonamides is 1. The summed E-state index contributed by atoms with van der Waals surface area (Å²) in [6, 6.07) is 4.17. The predicted octanol–water partition coefficient (Wildman–Crippen LogP) is -0.423. The van der Waals surface area contributed by atoms with E-state index in [0.29, 0.717) is 18.7 Å². The predicted molar refractivity (Wildman–Crippen MR) is 76.8 cm³/mol. The maximum absolute atomic E-state index is 12.4. The molecule has 0 atom stereocenters. The van der Waals surface area contributed by atoms with Crippen molar-refractivity contribution >= 4 is 21.8 Å². The van der Waals surface area contributed by atoms with Crippen molar-refractivity contribution in [2.24, 2.45) is 0 Å².